The summed E-state index contributed by atoms with van der Waals surface area (Å²) in [5.74, 6) is 0. The first kappa shape index (κ1) is 29.2. The first-order valence-corrected chi connectivity index (χ1v) is 14.8. The molecule has 0 aromatic heterocycles. The Morgan fingerprint density at radius 2 is 1.68 bits per heavy atom. The van der Waals surface area contributed by atoms with Gasteiger partial charge < -0.3 is 19.9 Å². The number of halogens is 2. The number of nitrogens with one attached hydrogen (secondary N) is 1. The first-order valence-electron chi connectivity index (χ1n) is 14.0. The Morgan fingerprint density at radius 1 is 1.00 bits per heavy atom. The van der Waals surface area contributed by atoms with Gasteiger partial charge in [0.05, 0.1) is 0 Å². The summed E-state index contributed by atoms with van der Waals surface area (Å²) in [5, 5.41) is 26.7. The highest BCUT2D eigenvalue weighted by atomic mass is 35.5. The Bertz CT molecular complexity index is 1270. The predicted octanol–water partition coefficient (Wildman–Crippen LogP) is 4.69. The van der Waals surface area contributed by atoms with Crippen LogP contribution in [-0.4, -0.2) is 75.5 Å². The van der Waals surface area contributed by atoms with Crippen LogP contribution in [0, 0.1) is 0 Å². The molecule has 3 unspecified atom stereocenters. The van der Waals surface area contributed by atoms with Gasteiger partial charge in [-0.2, -0.15) is 0 Å². The van der Waals surface area contributed by atoms with Gasteiger partial charge in [-0.25, -0.2) is 4.90 Å². The van der Waals surface area contributed by atoms with Gasteiger partial charge in [-0.1, -0.05) is 78.3 Å². The number of benzene rings is 3. The van der Waals surface area contributed by atoms with Crippen LogP contribution in [0.4, 0.5) is 0 Å². The maximum atomic E-state index is 12.0. The third-order valence-electron chi connectivity index (χ3n) is 8.53. The second-order valence-corrected chi connectivity index (χ2v) is 12.0. The van der Waals surface area contributed by atoms with E-state index in [9.17, 15) is 15.0 Å². The number of rotatable bonds is 9. The Hall–Kier alpha value is -2.29. The lowest BCUT2D eigenvalue weighted by atomic mass is 9.79. The van der Waals surface area contributed by atoms with Gasteiger partial charge in [0.15, 0.2) is 5.72 Å². The highest BCUT2D eigenvalue weighted by molar-refractivity contribution is 6.30. The molecule has 0 amide bonds. The normalized spacial score (nSPS) is 25.5. The molecule has 0 spiro atoms. The number of aliphatic hydroxyl groups excluding tert-OH is 1. The van der Waals surface area contributed by atoms with Gasteiger partial charge in [-0.05, 0) is 66.7 Å². The topological polar surface area (TPSA) is 76.0 Å². The third-order valence-corrected chi connectivity index (χ3v) is 9.12. The summed E-state index contributed by atoms with van der Waals surface area (Å²) >= 11 is 13.3. The average Bonchev–Trinajstić information content (AvgIpc) is 2.96. The van der Waals surface area contributed by atoms with E-state index in [1.807, 2.05) is 59.5 Å². The molecule has 40 heavy (non-hydrogen) atoms. The van der Waals surface area contributed by atoms with Crippen molar-refractivity contribution < 1.29 is 15.0 Å². The van der Waals surface area contributed by atoms with Crippen molar-refractivity contribution in [3.63, 3.8) is 0 Å². The number of nitrogens with zero attached hydrogens (tertiary/aromatic N) is 2. The van der Waals surface area contributed by atoms with Crippen molar-refractivity contribution in [3.8, 4) is 11.1 Å². The van der Waals surface area contributed by atoms with Crippen LogP contribution in [0.15, 0.2) is 78.9 Å². The molecular weight excluding hydrogens is 545 g/mol. The van der Waals surface area contributed by atoms with Crippen LogP contribution in [0.3, 0.4) is 0 Å². The number of likely N-dealkylation sites (tertiary alicyclic amines) is 1. The van der Waals surface area contributed by atoms with E-state index < -0.39 is 23.0 Å². The molecule has 0 aliphatic carbocycles. The molecule has 3 aromatic rings. The van der Waals surface area contributed by atoms with Crippen molar-refractivity contribution in [2.45, 2.75) is 55.1 Å². The molecule has 3 aromatic carbocycles. The minimum Gasteiger partial charge on any atom is -0.374 e. The molecule has 3 N–H and O–H groups in total. The Labute approximate surface area is 246 Å². The van der Waals surface area contributed by atoms with E-state index >= 15 is 0 Å². The van der Waals surface area contributed by atoms with Crippen molar-refractivity contribution in [1.29, 1.82) is 0 Å². The zero-order valence-corrected chi connectivity index (χ0v) is 24.1. The van der Waals surface area contributed by atoms with E-state index in [4.69, 9.17) is 23.2 Å². The van der Waals surface area contributed by atoms with E-state index in [1.54, 1.807) is 0 Å². The minimum absolute atomic E-state index is 0.187. The Balaban J connectivity index is 1.33. The lowest BCUT2D eigenvalue weighted by Gasteiger charge is -2.59. The van der Waals surface area contributed by atoms with Gasteiger partial charge in [0.2, 0.25) is 0 Å². The van der Waals surface area contributed by atoms with Crippen LogP contribution in [-0.2, 0) is 17.6 Å². The number of aldehydes is 1. The second-order valence-electron chi connectivity index (χ2n) is 11.0. The van der Waals surface area contributed by atoms with Gasteiger partial charge in [-0.3, -0.25) is 5.32 Å². The van der Waals surface area contributed by atoms with E-state index in [-0.39, 0.29) is 12.8 Å². The molecule has 212 valence electrons. The number of carbonyl (C=O) groups excluding carboxylic acids is 1. The smallest absolute Gasteiger partial charge is 0.163 e. The third kappa shape index (κ3) is 6.14. The monoisotopic (exact) mass is 581 g/mol. The van der Waals surface area contributed by atoms with Gasteiger partial charge in [0, 0.05) is 36.5 Å². The molecule has 3 atom stereocenters. The van der Waals surface area contributed by atoms with Crippen LogP contribution < -0.4 is 5.32 Å². The number of piperidine rings is 1. The fourth-order valence-corrected chi connectivity index (χ4v) is 7.12. The van der Waals surface area contributed by atoms with Gasteiger partial charge in [0.1, 0.15) is 18.0 Å². The number of piperazine rings is 1. The molecule has 6 nitrogen and oxygen atoms in total. The fourth-order valence-electron chi connectivity index (χ4n) is 6.46. The fraction of sp³-hybridized carbons (Fsp3) is 0.406. The zero-order chi connectivity index (χ0) is 28.2. The highest BCUT2D eigenvalue weighted by Gasteiger charge is 2.56. The van der Waals surface area contributed by atoms with Crippen molar-refractivity contribution in [2.75, 3.05) is 26.2 Å². The van der Waals surface area contributed by atoms with Gasteiger partial charge in [0.25, 0.3) is 0 Å². The summed E-state index contributed by atoms with van der Waals surface area (Å²) in [6.07, 6.45) is 2.29. The van der Waals surface area contributed by atoms with Gasteiger partial charge in [-0.15, -0.1) is 11.6 Å². The molecule has 5 rings (SSSR count). The lowest BCUT2D eigenvalue weighted by molar-refractivity contribution is -0.251. The molecule has 2 fully saturated rings. The average molecular weight is 583 g/mol. The number of hydrogen-bond donors (Lipinski definition) is 3. The molecule has 2 saturated heterocycles. The summed E-state index contributed by atoms with van der Waals surface area (Å²) in [6.45, 7) is 2.65. The molecule has 2 aliphatic rings. The quantitative estimate of drug-likeness (QED) is 0.193. The van der Waals surface area contributed by atoms with Crippen molar-refractivity contribution in [2.24, 2.45) is 0 Å². The maximum Gasteiger partial charge on any atom is 0.163 e. The molecule has 0 bridgehead atoms. The van der Waals surface area contributed by atoms with Gasteiger partial charge >= 0.3 is 0 Å². The molecule has 0 radical (unpaired) electrons. The minimum atomic E-state index is -1.66. The van der Waals surface area contributed by atoms with Crippen molar-refractivity contribution in [1.82, 2.24) is 15.1 Å². The Kier molecular flexibility index (Phi) is 9.28. The molecule has 2 aliphatic heterocycles. The molecule has 0 saturated carbocycles. The number of alkyl halides is 1. The lowest BCUT2D eigenvalue weighted by Crippen LogP contribution is -2.77. The Morgan fingerprint density at radius 3 is 2.35 bits per heavy atom. The van der Waals surface area contributed by atoms with Crippen LogP contribution in [0.25, 0.3) is 11.1 Å². The summed E-state index contributed by atoms with van der Waals surface area (Å²) < 4.78 is 0. The maximum absolute atomic E-state index is 12.0. The van der Waals surface area contributed by atoms with Crippen molar-refractivity contribution in [3.05, 3.63) is 95.0 Å². The van der Waals surface area contributed by atoms with E-state index in [2.05, 4.69) is 34.5 Å². The van der Waals surface area contributed by atoms with E-state index in [0.29, 0.717) is 19.4 Å². The van der Waals surface area contributed by atoms with Crippen LogP contribution >= 0.6 is 23.2 Å². The first-order chi connectivity index (χ1) is 19.3. The van der Waals surface area contributed by atoms with Crippen LogP contribution in [0.5, 0.6) is 0 Å². The number of hydrogen-bond acceptors (Lipinski definition) is 6. The number of carbonyl (C=O) groups is 1. The van der Waals surface area contributed by atoms with Crippen molar-refractivity contribution >= 4 is 29.5 Å². The molecular formula is C32H37Cl2N3O3. The SMILES string of the molecule is O=CCC1(N2C(Cl)CNC(O)C2(O)Cc2ccccc2)CCN(CCc2cc(Cl)ccc2-c2ccccc2)CC1. The number of aliphatic hydroxyl groups is 2. The second kappa shape index (κ2) is 12.7. The highest BCUT2D eigenvalue weighted by Crippen LogP contribution is 2.42. The standard InChI is InChI=1S/C32H37Cl2N3O3/c33-27-11-12-28(25-9-5-2-6-10-25)26(21-27)13-17-36-18-14-31(15-19-36,16-20-38)37-29(34)23-35-30(39)32(37,40)22-24-7-3-1-4-8-24/h1-12,20-21,29-30,35,39-40H,13-19,22-23H2. The zero-order valence-electron chi connectivity index (χ0n) is 22.6. The molecule has 8 heteroatoms. The van der Waals surface area contributed by atoms with Crippen LogP contribution in [0.2, 0.25) is 5.02 Å². The summed E-state index contributed by atoms with van der Waals surface area (Å²) in [4.78, 5) is 16.3. The summed E-state index contributed by atoms with van der Waals surface area (Å²) in [7, 11) is 0. The summed E-state index contributed by atoms with van der Waals surface area (Å²) in [5.41, 5.74) is 1.53. The van der Waals surface area contributed by atoms with E-state index in [0.717, 1.165) is 42.9 Å². The van der Waals surface area contributed by atoms with Crippen LogP contribution in [0.1, 0.15) is 30.4 Å². The van der Waals surface area contributed by atoms with E-state index in [1.165, 1.54) is 16.7 Å². The largest absolute Gasteiger partial charge is 0.374 e. The molecule has 2 heterocycles. The predicted molar refractivity (Wildman–Crippen MR) is 160 cm³/mol. The summed E-state index contributed by atoms with van der Waals surface area (Å²) in [6, 6.07) is 26.0.